The van der Waals surface area contributed by atoms with Crippen molar-refractivity contribution >= 4 is 34.9 Å². The number of alkyl halides is 1. The van der Waals surface area contributed by atoms with E-state index in [2.05, 4.69) is 10.3 Å². The molecule has 7 heteroatoms. The molecular formula is C18H15ClFN3O2. The normalized spacial score (nSPS) is 16.8. The van der Waals surface area contributed by atoms with Crippen molar-refractivity contribution in [2.45, 2.75) is 13.2 Å². The Kier molecular flexibility index (Phi) is 4.81. The zero-order chi connectivity index (χ0) is 18.0. The summed E-state index contributed by atoms with van der Waals surface area (Å²) < 4.78 is 14.5. The minimum Gasteiger partial charge on any atom is -0.338 e. The van der Waals surface area contributed by atoms with E-state index in [1.54, 1.807) is 43.3 Å². The lowest BCUT2D eigenvalue weighted by Gasteiger charge is -2.21. The van der Waals surface area contributed by atoms with Crippen molar-refractivity contribution in [3.8, 4) is 0 Å². The Morgan fingerprint density at radius 3 is 2.68 bits per heavy atom. The van der Waals surface area contributed by atoms with E-state index in [0.29, 0.717) is 22.7 Å². The lowest BCUT2D eigenvalue weighted by Crippen LogP contribution is -2.46. The van der Waals surface area contributed by atoms with Crippen LogP contribution in [0.3, 0.4) is 0 Å². The molecule has 25 heavy (non-hydrogen) atoms. The van der Waals surface area contributed by atoms with Gasteiger partial charge in [0, 0.05) is 22.7 Å². The minimum absolute atomic E-state index is 0.239. The number of carbonyl (C=O) groups is 2. The second-order valence-electron chi connectivity index (χ2n) is 5.35. The third-order valence-corrected chi connectivity index (χ3v) is 3.93. The number of fused-ring (bicyclic) bond motifs is 1. The first-order valence-corrected chi connectivity index (χ1v) is 8.09. The first-order valence-electron chi connectivity index (χ1n) is 7.72. The van der Waals surface area contributed by atoms with Crippen LogP contribution in [0.1, 0.15) is 18.1 Å². The van der Waals surface area contributed by atoms with Gasteiger partial charge in [-0.1, -0.05) is 41.9 Å². The molecule has 3 amide bonds. The van der Waals surface area contributed by atoms with Crippen LogP contribution in [0, 0.1) is 0 Å². The third-order valence-electron chi connectivity index (χ3n) is 3.70. The molecule has 1 heterocycles. The van der Waals surface area contributed by atoms with Gasteiger partial charge in [-0.15, -0.1) is 0 Å². The van der Waals surface area contributed by atoms with Crippen molar-refractivity contribution < 1.29 is 14.0 Å². The van der Waals surface area contributed by atoms with Gasteiger partial charge in [0.05, 0.1) is 11.4 Å². The minimum atomic E-state index is -2.19. The second kappa shape index (κ2) is 7.03. The molecule has 0 fully saturated rings. The lowest BCUT2D eigenvalue weighted by atomic mass is 10.0. The van der Waals surface area contributed by atoms with E-state index in [1.165, 1.54) is 6.07 Å². The van der Waals surface area contributed by atoms with Crippen LogP contribution in [0.2, 0.25) is 5.02 Å². The molecule has 0 spiro atoms. The maximum absolute atomic E-state index is 14.5. The molecule has 2 aromatic rings. The fourth-order valence-electron chi connectivity index (χ4n) is 2.62. The first kappa shape index (κ1) is 17.1. The van der Waals surface area contributed by atoms with Crippen molar-refractivity contribution in [2.24, 2.45) is 4.99 Å². The first-order chi connectivity index (χ1) is 12.0. The molecule has 128 valence electrons. The number of anilines is 1. The molecule has 0 aromatic heterocycles. The van der Waals surface area contributed by atoms with E-state index in [9.17, 15) is 14.0 Å². The number of benzodiazepines with no additional fused rings is 1. The number of hydrogen-bond acceptors (Lipinski definition) is 3. The number of carbonyl (C=O) groups excluding carboxylic acids is 2. The Labute approximate surface area is 149 Å². The van der Waals surface area contributed by atoms with Gasteiger partial charge in [0.25, 0.3) is 12.2 Å². The Bertz CT molecular complexity index is 855. The highest BCUT2D eigenvalue weighted by atomic mass is 35.5. The summed E-state index contributed by atoms with van der Waals surface area (Å²) in [5.41, 5.74) is 1.55. The van der Waals surface area contributed by atoms with Crippen LogP contribution in [0.25, 0.3) is 0 Å². The summed E-state index contributed by atoms with van der Waals surface area (Å²) >= 11 is 6.09. The highest BCUT2D eigenvalue weighted by Gasteiger charge is 2.35. The molecule has 1 atom stereocenters. The molecule has 1 aliphatic heterocycles. The van der Waals surface area contributed by atoms with Gasteiger partial charge in [-0.2, -0.15) is 0 Å². The van der Waals surface area contributed by atoms with Gasteiger partial charge < -0.3 is 5.32 Å². The van der Waals surface area contributed by atoms with Crippen LogP contribution in [0.4, 0.5) is 14.9 Å². The van der Waals surface area contributed by atoms with E-state index in [1.807, 2.05) is 6.07 Å². The molecule has 2 aromatic carbocycles. The molecular weight excluding hydrogens is 345 g/mol. The van der Waals surface area contributed by atoms with Crippen molar-refractivity contribution in [3.05, 3.63) is 64.7 Å². The summed E-state index contributed by atoms with van der Waals surface area (Å²) in [7, 11) is 0. The summed E-state index contributed by atoms with van der Waals surface area (Å²) in [6.45, 7) is 2.01. The highest BCUT2D eigenvalue weighted by Crippen LogP contribution is 2.31. The average molecular weight is 360 g/mol. The molecule has 1 aliphatic rings. The predicted octanol–water partition coefficient (Wildman–Crippen LogP) is 3.55. The van der Waals surface area contributed by atoms with Crippen molar-refractivity contribution in [1.29, 1.82) is 0 Å². The number of hydrogen-bond donors (Lipinski definition) is 1. The zero-order valence-corrected chi connectivity index (χ0v) is 14.1. The van der Waals surface area contributed by atoms with Crippen LogP contribution in [-0.4, -0.2) is 30.5 Å². The predicted molar refractivity (Wildman–Crippen MR) is 95.0 cm³/mol. The van der Waals surface area contributed by atoms with Crippen molar-refractivity contribution in [1.82, 2.24) is 5.32 Å². The molecule has 0 bridgehead atoms. The van der Waals surface area contributed by atoms with E-state index in [0.717, 1.165) is 4.90 Å². The number of amides is 3. The van der Waals surface area contributed by atoms with Crippen LogP contribution < -0.4 is 10.2 Å². The Balaban J connectivity index is 2.23. The van der Waals surface area contributed by atoms with Crippen molar-refractivity contribution in [2.75, 3.05) is 11.4 Å². The maximum atomic E-state index is 14.5. The SMILES string of the molecule is CCNC(=O)N1C(=O)C(F)N=C(c2ccccc2)c2cc(Cl)ccc21. The number of rotatable bonds is 2. The van der Waals surface area contributed by atoms with Gasteiger partial charge in [0.2, 0.25) is 0 Å². The van der Waals surface area contributed by atoms with Gasteiger partial charge in [0.15, 0.2) is 0 Å². The fourth-order valence-corrected chi connectivity index (χ4v) is 2.79. The standard InChI is InChI=1S/C18H15ClFN3O2/c1-2-21-18(25)23-14-9-8-12(19)10-13(14)15(22-16(20)17(23)24)11-6-4-3-5-7-11/h3-10,16H,2H2,1H3,(H,21,25). The highest BCUT2D eigenvalue weighted by molar-refractivity contribution is 6.32. The fraction of sp³-hybridized carbons (Fsp3) is 0.167. The molecule has 0 aliphatic carbocycles. The average Bonchev–Trinajstić information content (AvgIpc) is 2.71. The van der Waals surface area contributed by atoms with Crippen molar-refractivity contribution in [3.63, 3.8) is 0 Å². The summed E-state index contributed by atoms with van der Waals surface area (Å²) in [6.07, 6.45) is -2.19. The molecule has 3 rings (SSSR count). The monoisotopic (exact) mass is 359 g/mol. The van der Waals surface area contributed by atoms with Crippen LogP contribution >= 0.6 is 11.6 Å². The Morgan fingerprint density at radius 1 is 1.28 bits per heavy atom. The summed E-state index contributed by atoms with van der Waals surface area (Å²) in [5.74, 6) is -1.04. The van der Waals surface area contributed by atoms with E-state index in [-0.39, 0.29) is 11.4 Å². The van der Waals surface area contributed by atoms with Gasteiger partial charge in [-0.3, -0.25) is 4.79 Å². The molecule has 5 nitrogen and oxygen atoms in total. The molecule has 0 saturated heterocycles. The van der Waals surface area contributed by atoms with E-state index < -0.39 is 18.2 Å². The number of halogens is 2. The smallest absolute Gasteiger partial charge is 0.328 e. The Hall–Kier alpha value is -2.73. The number of nitrogens with one attached hydrogen (secondary N) is 1. The van der Waals surface area contributed by atoms with Gasteiger partial charge in [-0.05, 0) is 25.1 Å². The van der Waals surface area contributed by atoms with Crippen LogP contribution in [-0.2, 0) is 4.79 Å². The number of imide groups is 1. The van der Waals surface area contributed by atoms with Gasteiger partial charge in [-0.25, -0.2) is 19.1 Å². The maximum Gasteiger partial charge on any atom is 0.328 e. The Morgan fingerprint density at radius 2 is 2.00 bits per heavy atom. The van der Waals surface area contributed by atoms with Gasteiger partial charge >= 0.3 is 6.03 Å². The van der Waals surface area contributed by atoms with Crippen LogP contribution in [0.5, 0.6) is 0 Å². The quantitative estimate of drug-likeness (QED) is 0.833. The summed E-state index contributed by atoms with van der Waals surface area (Å²) in [6, 6.07) is 12.8. The lowest BCUT2D eigenvalue weighted by molar-refractivity contribution is -0.122. The number of nitrogens with zero attached hydrogens (tertiary/aromatic N) is 2. The number of benzene rings is 2. The largest absolute Gasteiger partial charge is 0.338 e. The summed E-state index contributed by atoms with van der Waals surface area (Å²) in [5, 5.41) is 2.91. The van der Waals surface area contributed by atoms with Crippen LogP contribution in [0.15, 0.2) is 53.5 Å². The molecule has 0 radical (unpaired) electrons. The van der Waals surface area contributed by atoms with E-state index >= 15 is 0 Å². The summed E-state index contributed by atoms with van der Waals surface area (Å²) in [4.78, 5) is 29.5. The number of urea groups is 1. The number of aliphatic imine (C=N–C) groups is 1. The molecule has 0 saturated carbocycles. The zero-order valence-electron chi connectivity index (χ0n) is 13.4. The topological polar surface area (TPSA) is 61.8 Å². The second-order valence-corrected chi connectivity index (χ2v) is 5.79. The van der Waals surface area contributed by atoms with E-state index in [4.69, 9.17) is 11.6 Å². The third kappa shape index (κ3) is 3.25. The molecule has 1 N–H and O–H groups in total. The van der Waals surface area contributed by atoms with Gasteiger partial charge in [0.1, 0.15) is 0 Å². The molecule has 1 unspecified atom stereocenters.